The van der Waals surface area contributed by atoms with Crippen molar-refractivity contribution in [3.8, 4) is 11.1 Å². The van der Waals surface area contributed by atoms with E-state index < -0.39 is 0 Å². The summed E-state index contributed by atoms with van der Waals surface area (Å²) in [6, 6.07) is 12.8. The minimum absolute atomic E-state index is 0.233. The SMILES string of the molecule is Cc1nccn1Cc1cc(-c2ccc3ccc(F)cc3c2)cnn1. The molecule has 2 aromatic carbocycles. The van der Waals surface area contributed by atoms with Crippen molar-refractivity contribution in [2.24, 2.45) is 0 Å². The summed E-state index contributed by atoms with van der Waals surface area (Å²) in [4.78, 5) is 4.22. The average Bonchev–Trinajstić information content (AvgIpc) is 2.99. The van der Waals surface area contributed by atoms with Crippen molar-refractivity contribution in [2.75, 3.05) is 0 Å². The van der Waals surface area contributed by atoms with Crippen molar-refractivity contribution in [1.29, 1.82) is 0 Å². The number of benzene rings is 2. The van der Waals surface area contributed by atoms with Gasteiger partial charge in [-0.25, -0.2) is 9.37 Å². The summed E-state index contributed by atoms with van der Waals surface area (Å²) in [7, 11) is 0. The fraction of sp³-hybridized carbons (Fsp3) is 0.105. The van der Waals surface area contributed by atoms with E-state index in [-0.39, 0.29) is 5.82 Å². The van der Waals surface area contributed by atoms with Crippen LogP contribution in [0.3, 0.4) is 0 Å². The van der Waals surface area contributed by atoms with Gasteiger partial charge in [0.2, 0.25) is 0 Å². The first kappa shape index (κ1) is 14.5. The number of hydrogen-bond acceptors (Lipinski definition) is 3. The Hall–Kier alpha value is -3.08. The van der Waals surface area contributed by atoms with Gasteiger partial charge < -0.3 is 4.57 Å². The Kier molecular flexibility index (Phi) is 3.54. The minimum Gasteiger partial charge on any atom is -0.329 e. The summed E-state index contributed by atoms with van der Waals surface area (Å²) in [5.74, 6) is 0.701. The Labute approximate surface area is 138 Å². The van der Waals surface area contributed by atoms with Crippen molar-refractivity contribution in [2.45, 2.75) is 13.5 Å². The Balaban J connectivity index is 1.71. The molecule has 0 radical (unpaired) electrons. The molecule has 0 amide bonds. The normalized spacial score (nSPS) is 11.1. The van der Waals surface area contributed by atoms with Crippen molar-refractivity contribution >= 4 is 10.8 Å². The molecule has 0 aliphatic rings. The second-order valence-electron chi connectivity index (χ2n) is 5.74. The summed E-state index contributed by atoms with van der Waals surface area (Å²) in [5.41, 5.74) is 2.81. The van der Waals surface area contributed by atoms with Gasteiger partial charge in [0.25, 0.3) is 0 Å². The molecule has 4 nitrogen and oxygen atoms in total. The second-order valence-corrected chi connectivity index (χ2v) is 5.74. The monoisotopic (exact) mass is 318 g/mol. The molecule has 4 aromatic rings. The van der Waals surface area contributed by atoms with Crippen LogP contribution in [-0.4, -0.2) is 19.7 Å². The van der Waals surface area contributed by atoms with Crippen molar-refractivity contribution < 1.29 is 4.39 Å². The molecule has 2 aromatic heterocycles. The van der Waals surface area contributed by atoms with Crippen LogP contribution in [0.5, 0.6) is 0 Å². The minimum atomic E-state index is -0.233. The molecule has 118 valence electrons. The van der Waals surface area contributed by atoms with Crippen LogP contribution < -0.4 is 0 Å². The van der Waals surface area contributed by atoms with E-state index >= 15 is 0 Å². The lowest BCUT2D eigenvalue weighted by molar-refractivity contribution is 0.630. The molecule has 0 saturated heterocycles. The lowest BCUT2D eigenvalue weighted by Crippen LogP contribution is -2.04. The van der Waals surface area contributed by atoms with Gasteiger partial charge in [0.15, 0.2) is 0 Å². The number of aryl methyl sites for hydroxylation is 1. The highest BCUT2D eigenvalue weighted by Gasteiger charge is 2.06. The summed E-state index contributed by atoms with van der Waals surface area (Å²) < 4.78 is 15.5. The van der Waals surface area contributed by atoms with Crippen LogP contribution in [0.1, 0.15) is 11.5 Å². The Morgan fingerprint density at radius 3 is 2.71 bits per heavy atom. The predicted molar refractivity (Wildman–Crippen MR) is 91.0 cm³/mol. The summed E-state index contributed by atoms with van der Waals surface area (Å²) in [5, 5.41) is 10.2. The zero-order chi connectivity index (χ0) is 16.5. The smallest absolute Gasteiger partial charge is 0.123 e. The summed E-state index contributed by atoms with van der Waals surface area (Å²) in [6.45, 7) is 2.57. The Morgan fingerprint density at radius 2 is 1.88 bits per heavy atom. The molecule has 0 fully saturated rings. The number of rotatable bonds is 3. The number of fused-ring (bicyclic) bond motifs is 1. The van der Waals surface area contributed by atoms with E-state index in [1.54, 1.807) is 24.5 Å². The van der Waals surface area contributed by atoms with E-state index in [0.29, 0.717) is 6.54 Å². The van der Waals surface area contributed by atoms with E-state index in [4.69, 9.17) is 0 Å². The molecule has 0 spiro atoms. The fourth-order valence-electron chi connectivity index (χ4n) is 2.79. The first-order valence-electron chi connectivity index (χ1n) is 7.68. The van der Waals surface area contributed by atoms with Crippen LogP contribution in [0.2, 0.25) is 0 Å². The molecule has 0 bridgehead atoms. The van der Waals surface area contributed by atoms with Gasteiger partial charge in [-0.3, -0.25) is 0 Å². The highest BCUT2D eigenvalue weighted by Crippen LogP contribution is 2.25. The largest absolute Gasteiger partial charge is 0.329 e. The van der Waals surface area contributed by atoms with Crippen LogP contribution in [0, 0.1) is 12.7 Å². The van der Waals surface area contributed by atoms with E-state index in [1.165, 1.54) is 6.07 Å². The third kappa shape index (κ3) is 2.76. The van der Waals surface area contributed by atoms with E-state index in [9.17, 15) is 4.39 Å². The molecule has 24 heavy (non-hydrogen) atoms. The third-order valence-electron chi connectivity index (χ3n) is 4.10. The molecule has 0 saturated carbocycles. The van der Waals surface area contributed by atoms with Gasteiger partial charge in [-0.2, -0.15) is 10.2 Å². The maximum Gasteiger partial charge on any atom is 0.123 e. The van der Waals surface area contributed by atoms with E-state index in [2.05, 4.69) is 15.2 Å². The van der Waals surface area contributed by atoms with Gasteiger partial charge in [0.05, 0.1) is 18.4 Å². The van der Waals surface area contributed by atoms with Crippen molar-refractivity contribution in [1.82, 2.24) is 19.7 Å². The van der Waals surface area contributed by atoms with Crippen LogP contribution in [0.25, 0.3) is 21.9 Å². The molecular weight excluding hydrogens is 303 g/mol. The zero-order valence-electron chi connectivity index (χ0n) is 13.1. The summed E-state index contributed by atoms with van der Waals surface area (Å²) >= 11 is 0. The zero-order valence-corrected chi connectivity index (χ0v) is 13.1. The van der Waals surface area contributed by atoms with Crippen molar-refractivity contribution in [3.05, 3.63) is 78.4 Å². The van der Waals surface area contributed by atoms with E-state index in [0.717, 1.165) is 33.4 Å². The van der Waals surface area contributed by atoms with Crippen LogP contribution in [-0.2, 0) is 6.54 Å². The highest BCUT2D eigenvalue weighted by atomic mass is 19.1. The molecule has 0 unspecified atom stereocenters. The fourth-order valence-corrected chi connectivity index (χ4v) is 2.79. The van der Waals surface area contributed by atoms with Crippen LogP contribution >= 0.6 is 0 Å². The molecule has 2 heterocycles. The van der Waals surface area contributed by atoms with Gasteiger partial charge in [0, 0.05) is 18.0 Å². The Morgan fingerprint density at radius 1 is 1.00 bits per heavy atom. The number of aromatic nitrogens is 4. The number of nitrogens with zero attached hydrogens (tertiary/aromatic N) is 4. The lowest BCUT2D eigenvalue weighted by Gasteiger charge is -2.07. The maximum absolute atomic E-state index is 13.5. The maximum atomic E-state index is 13.5. The quantitative estimate of drug-likeness (QED) is 0.574. The topological polar surface area (TPSA) is 43.6 Å². The molecule has 4 rings (SSSR count). The molecule has 0 N–H and O–H groups in total. The number of hydrogen-bond donors (Lipinski definition) is 0. The van der Waals surface area contributed by atoms with Crippen LogP contribution in [0.15, 0.2) is 61.1 Å². The second kappa shape index (κ2) is 5.85. The van der Waals surface area contributed by atoms with Gasteiger partial charge in [0.1, 0.15) is 11.6 Å². The van der Waals surface area contributed by atoms with Gasteiger partial charge >= 0.3 is 0 Å². The molecule has 0 aliphatic heterocycles. The molecule has 0 atom stereocenters. The van der Waals surface area contributed by atoms with Gasteiger partial charge in [-0.15, -0.1) is 0 Å². The predicted octanol–water partition coefficient (Wildman–Crippen LogP) is 3.99. The van der Waals surface area contributed by atoms with Crippen LogP contribution in [0.4, 0.5) is 4.39 Å². The summed E-state index contributed by atoms with van der Waals surface area (Å²) in [6.07, 6.45) is 5.41. The van der Waals surface area contributed by atoms with Gasteiger partial charge in [-0.05, 0) is 47.5 Å². The first-order chi connectivity index (χ1) is 11.7. The number of imidazole rings is 1. The van der Waals surface area contributed by atoms with E-state index in [1.807, 2.05) is 42.0 Å². The van der Waals surface area contributed by atoms with Gasteiger partial charge in [-0.1, -0.05) is 18.2 Å². The Bertz CT molecular complexity index is 1020. The molecule has 0 aliphatic carbocycles. The average molecular weight is 318 g/mol. The van der Waals surface area contributed by atoms with Crippen molar-refractivity contribution in [3.63, 3.8) is 0 Å². The third-order valence-corrected chi connectivity index (χ3v) is 4.10. The highest BCUT2D eigenvalue weighted by molar-refractivity contribution is 5.87. The standard InChI is InChI=1S/C19H15FN4/c1-13-21-6-7-24(13)12-19-10-17(11-22-23-19)15-3-2-14-4-5-18(20)9-16(14)8-15/h2-11H,12H2,1H3. The number of halogens is 1. The lowest BCUT2D eigenvalue weighted by atomic mass is 10.0. The molecular formula is C19H15FN4. The first-order valence-corrected chi connectivity index (χ1v) is 7.68. The molecule has 5 heteroatoms.